The fraction of sp³-hybridized carbons (Fsp3) is 0.389. The fourth-order valence-electron chi connectivity index (χ4n) is 3.74. The smallest absolute Gasteiger partial charge is 0.157 e. The van der Waals surface area contributed by atoms with Gasteiger partial charge in [0.15, 0.2) is 6.33 Å². The molecule has 2 aromatic carbocycles. The summed E-state index contributed by atoms with van der Waals surface area (Å²) in [6.45, 7) is 0. The van der Waals surface area contributed by atoms with E-state index in [4.69, 9.17) is 0 Å². The van der Waals surface area contributed by atoms with Crippen molar-refractivity contribution >= 4 is 10.8 Å². The van der Waals surface area contributed by atoms with E-state index in [1.807, 2.05) is 0 Å². The summed E-state index contributed by atoms with van der Waals surface area (Å²) >= 11 is 0. The highest BCUT2D eigenvalue weighted by Gasteiger charge is 2.28. The van der Waals surface area contributed by atoms with Crippen molar-refractivity contribution in [3.63, 3.8) is 0 Å². The summed E-state index contributed by atoms with van der Waals surface area (Å²) in [5.41, 5.74) is 1.30. The second-order valence-electron chi connectivity index (χ2n) is 6.21. The first-order valence-corrected chi connectivity index (χ1v) is 8.13. The second-order valence-corrected chi connectivity index (χ2v) is 6.21. The van der Waals surface area contributed by atoms with Crippen LogP contribution in [0.3, 0.4) is 0 Å². The molecule has 4 nitrogen and oxygen atoms in total. The molecule has 4 heteroatoms. The molecule has 4 rings (SSSR count). The number of hydrogen-bond acceptors (Lipinski definition) is 3. The molecule has 1 saturated carbocycles. The molecule has 1 aromatic heterocycles. The third kappa shape index (κ3) is 2.49. The number of aromatic nitrogens is 4. The predicted octanol–water partition coefficient (Wildman–Crippen LogP) is 4.00. The molecule has 0 spiro atoms. The highest BCUT2D eigenvalue weighted by atomic mass is 15.6. The van der Waals surface area contributed by atoms with Crippen LogP contribution in [0.2, 0.25) is 0 Å². The van der Waals surface area contributed by atoms with Gasteiger partial charge < -0.3 is 0 Å². The molecule has 0 N–H and O–H groups in total. The van der Waals surface area contributed by atoms with Crippen molar-refractivity contribution in [3.05, 3.63) is 54.4 Å². The highest BCUT2D eigenvalue weighted by Crippen LogP contribution is 2.37. The van der Waals surface area contributed by atoms with Crippen LogP contribution >= 0.6 is 0 Å². The molecule has 0 bridgehead atoms. The Hall–Kier alpha value is -2.23. The Labute approximate surface area is 130 Å². The van der Waals surface area contributed by atoms with Crippen molar-refractivity contribution in [1.82, 2.24) is 20.2 Å². The van der Waals surface area contributed by atoms with Crippen molar-refractivity contribution < 1.29 is 0 Å². The number of rotatable bonds is 3. The van der Waals surface area contributed by atoms with E-state index in [0.29, 0.717) is 5.92 Å². The Kier molecular flexibility index (Phi) is 3.59. The second kappa shape index (κ2) is 5.87. The van der Waals surface area contributed by atoms with Gasteiger partial charge in [-0.15, -0.1) is 10.2 Å². The Morgan fingerprint density at radius 3 is 2.55 bits per heavy atom. The van der Waals surface area contributed by atoms with Crippen molar-refractivity contribution in [2.45, 2.75) is 38.1 Å². The highest BCUT2D eigenvalue weighted by molar-refractivity contribution is 5.83. The van der Waals surface area contributed by atoms with Gasteiger partial charge in [0.05, 0.1) is 0 Å². The van der Waals surface area contributed by atoms with Crippen LogP contribution in [0, 0.1) is 5.92 Å². The molecule has 0 saturated heterocycles. The summed E-state index contributed by atoms with van der Waals surface area (Å²) in [5, 5.41) is 15.0. The first-order chi connectivity index (χ1) is 10.9. The van der Waals surface area contributed by atoms with E-state index >= 15 is 0 Å². The minimum atomic E-state index is 0.201. The molecule has 0 radical (unpaired) electrons. The van der Waals surface area contributed by atoms with Gasteiger partial charge in [-0.05, 0) is 46.4 Å². The quantitative estimate of drug-likeness (QED) is 0.733. The molecule has 1 aliphatic carbocycles. The molecule has 1 heterocycles. The average molecular weight is 292 g/mol. The molecule has 22 heavy (non-hydrogen) atoms. The number of benzene rings is 2. The Morgan fingerprint density at radius 1 is 0.955 bits per heavy atom. The van der Waals surface area contributed by atoms with Gasteiger partial charge in [-0.25, -0.2) is 0 Å². The first-order valence-electron chi connectivity index (χ1n) is 8.13. The Morgan fingerprint density at radius 2 is 1.77 bits per heavy atom. The van der Waals surface area contributed by atoms with Crippen LogP contribution < -0.4 is 0 Å². The topological polar surface area (TPSA) is 43.6 Å². The van der Waals surface area contributed by atoms with Crippen LogP contribution in [0.1, 0.15) is 43.7 Å². The predicted molar refractivity (Wildman–Crippen MR) is 86.5 cm³/mol. The van der Waals surface area contributed by atoms with Crippen LogP contribution in [-0.2, 0) is 0 Å². The van der Waals surface area contributed by atoms with Crippen molar-refractivity contribution in [3.8, 4) is 0 Å². The normalized spacial score (nSPS) is 17.6. The minimum Gasteiger partial charge on any atom is -0.157 e. The summed E-state index contributed by atoms with van der Waals surface area (Å²) in [6, 6.07) is 15.4. The molecular formula is C18H20N4. The Bertz CT molecular complexity index is 745. The van der Waals surface area contributed by atoms with Gasteiger partial charge in [-0.3, -0.25) is 0 Å². The van der Waals surface area contributed by atoms with Gasteiger partial charge in [0.25, 0.3) is 0 Å². The summed E-state index contributed by atoms with van der Waals surface area (Å²) in [7, 11) is 0. The largest absolute Gasteiger partial charge is 0.162 e. The SMILES string of the molecule is c1ccc2cc([C@H](C3CCCCC3)n3ncnn3)ccc2c1. The average Bonchev–Trinajstić information content (AvgIpc) is 3.10. The van der Waals surface area contributed by atoms with E-state index in [-0.39, 0.29) is 6.04 Å². The summed E-state index contributed by atoms with van der Waals surface area (Å²) in [4.78, 5) is 1.81. The lowest BCUT2D eigenvalue weighted by molar-refractivity contribution is 0.247. The molecule has 3 aromatic rings. The maximum atomic E-state index is 4.34. The number of hydrogen-bond donors (Lipinski definition) is 0. The molecule has 0 amide bonds. The molecule has 1 atom stereocenters. The van der Waals surface area contributed by atoms with Crippen LogP contribution in [-0.4, -0.2) is 20.2 Å². The molecule has 112 valence electrons. The number of nitrogens with zero attached hydrogens (tertiary/aromatic N) is 4. The van der Waals surface area contributed by atoms with Gasteiger partial charge in [0, 0.05) is 0 Å². The summed E-state index contributed by atoms with van der Waals surface area (Å²) in [6.07, 6.45) is 8.01. The van der Waals surface area contributed by atoms with Crippen LogP contribution in [0.15, 0.2) is 48.8 Å². The third-order valence-corrected chi connectivity index (χ3v) is 4.83. The van der Waals surface area contributed by atoms with E-state index in [2.05, 4.69) is 57.9 Å². The first kappa shape index (κ1) is 13.4. The Balaban J connectivity index is 1.78. The molecule has 1 fully saturated rings. The van der Waals surface area contributed by atoms with Gasteiger partial charge in [-0.1, -0.05) is 55.7 Å². The fourth-order valence-corrected chi connectivity index (χ4v) is 3.74. The van der Waals surface area contributed by atoms with Gasteiger partial charge in [-0.2, -0.15) is 4.80 Å². The van der Waals surface area contributed by atoms with Gasteiger partial charge in [0.2, 0.25) is 0 Å². The zero-order chi connectivity index (χ0) is 14.8. The zero-order valence-electron chi connectivity index (χ0n) is 12.6. The maximum Gasteiger partial charge on any atom is 0.162 e. The lowest BCUT2D eigenvalue weighted by Gasteiger charge is -2.29. The zero-order valence-corrected chi connectivity index (χ0v) is 12.6. The lowest BCUT2D eigenvalue weighted by Crippen LogP contribution is -2.25. The van der Waals surface area contributed by atoms with E-state index in [1.165, 1.54) is 54.8 Å². The molecular weight excluding hydrogens is 272 g/mol. The third-order valence-electron chi connectivity index (χ3n) is 4.83. The maximum absolute atomic E-state index is 4.34. The van der Waals surface area contributed by atoms with E-state index in [0.717, 1.165) is 0 Å². The van der Waals surface area contributed by atoms with E-state index < -0.39 is 0 Å². The summed E-state index contributed by atoms with van der Waals surface area (Å²) in [5.74, 6) is 0.601. The van der Waals surface area contributed by atoms with E-state index in [9.17, 15) is 0 Å². The molecule has 0 aliphatic heterocycles. The van der Waals surface area contributed by atoms with E-state index in [1.54, 1.807) is 4.80 Å². The number of tetrazole rings is 1. The molecule has 0 unspecified atom stereocenters. The monoisotopic (exact) mass is 292 g/mol. The van der Waals surface area contributed by atoms with Gasteiger partial charge in [0.1, 0.15) is 6.04 Å². The minimum absolute atomic E-state index is 0.201. The standard InChI is InChI=1S/C18H20N4/c1-2-7-15(8-3-1)18(22-20-13-19-21-22)17-11-10-14-6-4-5-9-16(14)12-17/h4-6,9-13,15,18H,1-3,7-8H2/t18-/m0/s1. The summed E-state index contributed by atoms with van der Waals surface area (Å²) < 4.78 is 0. The van der Waals surface area contributed by atoms with Crippen LogP contribution in [0.4, 0.5) is 0 Å². The lowest BCUT2D eigenvalue weighted by atomic mass is 9.81. The van der Waals surface area contributed by atoms with Crippen molar-refractivity contribution in [2.24, 2.45) is 5.92 Å². The van der Waals surface area contributed by atoms with Crippen LogP contribution in [0.5, 0.6) is 0 Å². The molecule has 1 aliphatic rings. The van der Waals surface area contributed by atoms with Crippen molar-refractivity contribution in [2.75, 3.05) is 0 Å². The van der Waals surface area contributed by atoms with Gasteiger partial charge >= 0.3 is 0 Å². The van der Waals surface area contributed by atoms with Crippen LogP contribution in [0.25, 0.3) is 10.8 Å². The number of fused-ring (bicyclic) bond motifs is 1. The van der Waals surface area contributed by atoms with Crippen molar-refractivity contribution in [1.29, 1.82) is 0 Å².